The number of nitrogens with zero attached hydrogens (tertiary/aromatic N) is 3. The summed E-state index contributed by atoms with van der Waals surface area (Å²) in [4.78, 5) is 0. The highest BCUT2D eigenvalue weighted by atomic mass is 32.2. The topological polar surface area (TPSA) is 42.7 Å². The second-order valence-corrected chi connectivity index (χ2v) is 7.67. The molecule has 0 bridgehead atoms. The first kappa shape index (κ1) is 16.9. The molecular weight excluding hydrogens is 340 g/mol. The molecular formula is C21H22N4S. The first-order chi connectivity index (χ1) is 12.6. The van der Waals surface area contributed by atoms with Crippen LogP contribution in [0.1, 0.15) is 40.9 Å². The maximum absolute atomic E-state index is 4.43. The summed E-state index contributed by atoms with van der Waals surface area (Å²) in [5, 5.41) is 11.8. The molecule has 2 heterocycles. The van der Waals surface area contributed by atoms with Crippen molar-refractivity contribution in [3.05, 3.63) is 82.0 Å². The first-order valence-corrected chi connectivity index (χ1v) is 9.70. The van der Waals surface area contributed by atoms with E-state index in [-0.39, 0.29) is 0 Å². The molecule has 0 saturated heterocycles. The van der Waals surface area contributed by atoms with Crippen molar-refractivity contribution in [1.29, 1.82) is 0 Å². The molecule has 1 atom stereocenters. The fourth-order valence-electron chi connectivity index (χ4n) is 3.20. The highest BCUT2D eigenvalue weighted by Gasteiger charge is 2.21. The first-order valence-electron chi connectivity index (χ1n) is 8.82. The van der Waals surface area contributed by atoms with Crippen molar-refractivity contribution in [1.82, 2.24) is 14.9 Å². The predicted molar refractivity (Wildman–Crippen MR) is 108 cm³/mol. The number of fused-ring (bicyclic) bond motifs is 1. The van der Waals surface area contributed by atoms with Crippen molar-refractivity contribution in [2.24, 2.45) is 0 Å². The largest absolute Gasteiger partial charge is 0.290 e. The number of aromatic nitrogens is 3. The van der Waals surface area contributed by atoms with E-state index >= 15 is 0 Å². The van der Waals surface area contributed by atoms with Gasteiger partial charge in [0.25, 0.3) is 0 Å². The predicted octanol–water partition coefficient (Wildman–Crippen LogP) is 4.89. The van der Waals surface area contributed by atoms with Crippen LogP contribution in [0.3, 0.4) is 0 Å². The van der Waals surface area contributed by atoms with Gasteiger partial charge in [-0.3, -0.25) is 5.43 Å². The summed E-state index contributed by atoms with van der Waals surface area (Å²) in [5.41, 5.74) is 9.66. The molecule has 0 fully saturated rings. The van der Waals surface area contributed by atoms with Crippen molar-refractivity contribution >= 4 is 17.5 Å². The lowest BCUT2D eigenvalue weighted by atomic mass is 9.98. The fourth-order valence-corrected chi connectivity index (χ4v) is 3.95. The minimum atomic E-state index is 0.381. The SMILES string of the molecule is Cc1ccc(C)c(C2=CSc3nnc(C[C@@H](C)c4ccccc4)n3N2)c1. The van der Waals surface area contributed by atoms with E-state index in [1.165, 1.54) is 22.3 Å². The van der Waals surface area contributed by atoms with E-state index in [9.17, 15) is 0 Å². The monoisotopic (exact) mass is 362 g/mol. The normalized spacial score (nSPS) is 14.3. The molecule has 1 aliphatic heterocycles. The molecule has 0 spiro atoms. The van der Waals surface area contributed by atoms with Crippen LogP contribution in [-0.2, 0) is 6.42 Å². The minimum absolute atomic E-state index is 0.381. The molecule has 0 radical (unpaired) electrons. The Morgan fingerprint density at radius 3 is 2.69 bits per heavy atom. The number of hydrogen-bond acceptors (Lipinski definition) is 4. The lowest BCUT2D eigenvalue weighted by molar-refractivity contribution is 0.677. The Bertz CT molecular complexity index is 959. The second kappa shape index (κ2) is 7.00. The zero-order valence-corrected chi connectivity index (χ0v) is 16.0. The van der Waals surface area contributed by atoms with Crippen LogP contribution in [0.25, 0.3) is 5.70 Å². The molecule has 132 valence electrons. The minimum Gasteiger partial charge on any atom is -0.290 e. The molecule has 0 aliphatic carbocycles. The maximum atomic E-state index is 4.43. The van der Waals surface area contributed by atoms with E-state index in [1.54, 1.807) is 11.8 Å². The van der Waals surface area contributed by atoms with Crippen LogP contribution < -0.4 is 5.43 Å². The van der Waals surface area contributed by atoms with Gasteiger partial charge in [-0.1, -0.05) is 66.7 Å². The number of nitrogens with one attached hydrogen (secondary N) is 1. The van der Waals surface area contributed by atoms with Gasteiger partial charge in [0, 0.05) is 17.4 Å². The number of hydrogen-bond donors (Lipinski definition) is 1. The highest BCUT2D eigenvalue weighted by Crippen LogP contribution is 2.31. The summed E-state index contributed by atoms with van der Waals surface area (Å²) in [6.45, 7) is 6.49. The van der Waals surface area contributed by atoms with Crippen molar-refractivity contribution in [3.63, 3.8) is 0 Å². The third-order valence-corrected chi connectivity index (χ3v) is 5.58. The average molecular weight is 363 g/mol. The van der Waals surface area contributed by atoms with E-state index in [0.717, 1.165) is 23.1 Å². The number of rotatable bonds is 4. The number of aryl methyl sites for hydroxylation is 2. The standard InChI is InChI=1S/C21H22N4S/c1-14-9-10-15(2)18(11-14)19-13-26-21-23-22-20(25(21)24-19)12-16(3)17-7-5-4-6-8-17/h4-11,13,16,24H,12H2,1-3H3/t16-/m1/s1. The smallest absolute Gasteiger partial charge is 0.214 e. The number of thioether (sulfide) groups is 1. The van der Waals surface area contributed by atoms with E-state index in [2.05, 4.69) is 90.3 Å². The molecule has 1 aliphatic rings. The van der Waals surface area contributed by atoms with Gasteiger partial charge in [0.15, 0.2) is 5.82 Å². The van der Waals surface area contributed by atoms with Gasteiger partial charge in [0.2, 0.25) is 5.16 Å². The summed E-state index contributed by atoms with van der Waals surface area (Å²) in [7, 11) is 0. The zero-order valence-electron chi connectivity index (χ0n) is 15.2. The van der Waals surface area contributed by atoms with Gasteiger partial charge in [-0.25, -0.2) is 4.68 Å². The Labute approximate surface area is 158 Å². The second-order valence-electron chi connectivity index (χ2n) is 6.83. The van der Waals surface area contributed by atoms with Crippen molar-refractivity contribution in [2.75, 3.05) is 5.43 Å². The fraction of sp³-hybridized carbons (Fsp3) is 0.238. The number of benzene rings is 2. The Balaban J connectivity index is 1.59. The molecule has 0 amide bonds. The molecule has 4 rings (SSSR count). The zero-order chi connectivity index (χ0) is 18.1. The Kier molecular flexibility index (Phi) is 4.55. The Morgan fingerprint density at radius 1 is 1.08 bits per heavy atom. The molecule has 1 aromatic heterocycles. The van der Waals surface area contributed by atoms with Gasteiger partial charge in [-0.2, -0.15) is 0 Å². The van der Waals surface area contributed by atoms with Crippen molar-refractivity contribution in [3.8, 4) is 0 Å². The highest BCUT2D eigenvalue weighted by molar-refractivity contribution is 8.02. The lowest BCUT2D eigenvalue weighted by Gasteiger charge is -2.21. The van der Waals surface area contributed by atoms with E-state index in [4.69, 9.17) is 0 Å². The van der Waals surface area contributed by atoms with Crippen LogP contribution in [0.2, 0.25) is 0 Å². The molecule has 1 N–H and O–H groups in total. The van der Waals surface area contributed by atoms with Gasteiger partial charge < -0.3 is 0 Å². The lowest BCUT2D eigenvalue weighted by Crippen LogP contribution is -2.21. The molecule has 4 nitrogen and oxygen atoms in total. The van der Waals surface area contributed by atoms with Crippen molar-refractivity contribution < 1.29 is 0 Å². The van der Waals surface area contributed by atoms with E-state index in [0.29, 0.717) is 5.92 Å². The van der Waals surface area contributed by atoms with Gasteiger partial charge in [-0.05, 0) is 37.0 Å². The Morgan fingerprint density at radius 2 is 1.88 bits per heavy atom. The quantitative estimate of drug-likeness (QED) is 0.718. The third-order valence-electron chi connectivity index (χ3n) is 4.76. The van der Waals surface area contributed by atoms with Crippen molar-refractivity contribution in [2.45, 2.75) is 38.3 Å². The van der Waals surface area contributed by atoms with E-state index in [1.807, 2.05) is 4.68 Å². The van der Waals surface area contributed by atoms with Gasteiger partial charge in [0.05, 0.1) is 5.70 Å². The van der Waals surface area contributed by atoms with Crippen LogP contribution in [-0.4, -0.2) is 14.9 Å². The van der Waals surface area contributed by atoms with Crippen LogP contribution in [0, 0.1) is 13.8 Å². The van der Waals surface area contributed by atoms with Crippen LogP contribution in [0.15, 0.2) is 59.1 Å². The summed E-state index contributed by atoms with van der Waals surface area (Å²) < 4.78 is 2.03. The summed E-state index contributed by atoms with van der Waals surface area (Å²) >= 11 is 1.61. The van der Waals surface area contributed by atoms with Crippen LogP contribution in [0.5, 0.6) is 0 Å². The average Bonchev–Trinajstić information content (AvgIpc) is 3.06. The van der Waals surface area contributed by atoms with Gasteiger partial charge in [-0.15, -0.1) is 10.2 Å². The maximum Gasteiger partial charge on any atom is 0.214 e. The molecule has 2 aromatic carbocycles. The molecule has 0 unspecified atom stereocenters. The summed E-state index contributed by atoms with van der Waals surface area (Å²) in [6.07, 6.45) is 0.838. The Hall–Kier alpha value is -2.53. The molecule has 3 aromatic rings. The summed E-state index contributed by atoms with van der Waals surface area (Å²) in [5.74, 6) is 1.34. The summed E-state index contributed by atoms with van der Waals surface area (Å²) in [6, 6.07) is 17.1. The van der Waals surface area contributed by atoms with Gasteiger partial charge >= 0.3 is 0 Å². The molecule has 0 saturated carbocycles. The molecule has 5 heteroatoms. The van der Waals surface area contributed by atoms with E-state index < -0.39 is 0 Å². The van der Waals surface area contributed by atoms with Gasteiger partial charge in [0.1, 0.15) is 0 Å². The third kappa shape index (κ3) is 3.27. The molecule has 26 heavy (non-hydrogen) atoms. The van der Waals surface area contributed by atoms with Crippen LogP contribution in [0.4, 0.5) is 0 Å². The van der Waals surface area contributed by atoms with Crippen LogP contribution >= 0.6 is 11.8 Å².